The lowest BCUT2D eigenvalue weighted by Crippen LogP contribution is -2.03. The zero-order valence-electron chi connectivity index (χ0n) is 10.6. The van der Waals surface area contributed by atoms with Gasteiger partial charge in [0.05, 0.1) is 0 Å². The van der Waals surface area contributed by atoms with E-state index in [-0.39, 0.29) is 5.76 Å². The molecule has 1 aromatic carbocycles. The van der Waals surface area contributed by atoms with Gasteiger partial charge in [0.1, 0.15) is 5.76 Å². The Morgan fingerprint density at radius 3 is 2.58 bits per heavy atom. The van der Waals surface area contributed by atoms with Gasteiger partial charge in [-0.15, -0.1) is 0 Å². The van der Waals surface area contributed by atoms with Crippen LogP contribution < -0.4 is 5.32 Å². The number of nitrogens with one attached hydrogen (secondary N) is 1. The summed E-state index contributed by atoms with van der Waals surface area (Å²) >= 11 is 0. The molecule has 0 fully saturated rings. The van der Waals surface area contributed by atoms with E-state index in [0.29, 0.717) is 5.76 Å². The molecule has 0 spiro atoms. The molecule has 2 aromatic rings. The maximum Gasteiger partial charge on any atom is 0.371 e. The molecule has 19 heavy (non-hydrogen) atoms. The number of rotatable bonds is 5. The maximum absolute atomic E-state index is 10.7. The molecule has 2 rings (SSSR count). The number of furan rings is 1. The van der Waals surface area contributed by atoms with Gasteiger partial charge in [-0.3, -0.25) is 0 Å². The Morgan fingerprint density at radius 2 is 2.00 bits per heavy atom. The van der Waals surface area contributed by atoms with Crippen molar-refractivity contribution in [2.45, 2.75) is 0 Å². The summed E-state index contributed by atoms with van der Waals surface area (Å²) in [5.41, 5.74) is 1.95. The molecule has 98 valence electrons. The lowest BCUT2D eigenvalue weighted by atomic mass is 10.1. The summed E-state index contributed by atoms with van der Waals surface area (Å²) in [5.74, 6) is -0.547. The molecule has 1 aromatic heterocycles. The smallest absolute Gasteiger partial charge is 0.371 e. The molecule has 0 saturated heterocycles. The molecule has 0 radical (unpaired) electrons. The number of hydrogen-bond acceptors (Lipinski definition) is 3. The van der Waals surface area contributed by atoms with Gasteiger partial charge in [-0.2, -0.15) is 0 Å². The summed E-state index contributed by atoms with van der Waals surface area (Å²) in [5, 5.41) is 11.8. The van der Waals surface area contributed by atoms with E-state index in [9.17, 15) is 4.79 Å². The summed E-state index contributed by atoms with van der Waals surface area (Å²) in [6.45, 7) is 0.821. The van der Waals surface area contributed by atoms with Gasteiger partial charge in [0.25, 0.3) is 0 Å². The summed E-state index contributed by atoms with van der Waals surface area (Å²) in [7, 11) is 1.89. The molecule has 4 nitrogen and oxygen atoms in total. The zero-order valence-corrected chi connectivity index (χ0v) is 10.6. The van der Waals surface area contributed by atoms with E-state index in [4.69, 9.17) is 9.52 Å². The highest BCUT2D eigenvalue weighted by Crippen LogP contribution is 2.22. The van der Waals surface area contributed by atoms with Crippen LogP contribution in [0.25, 0.3) is 17.4 Å². The fourth-order valence-corrected chi connectivity index (χ4v) is 1.68. The normalized spacial score (nSPS) is 11.0. The van der Waals surface area contributed by atoms with E-state index in [1.165, 1.54) is 6.07 Å². The summed E-state index contributed by atoms with van der Waals surface area (Å²) < 4.78 is 5.24. The Kier molecular flexibility index (Phi) is 4.15. The van der Waals surface area contributed by atoms with Crippen molar-refractivity contribution in [2.24, 2.45) is 0 Å². The first kappa shape index (κ1) is 13.1. The van der Waals surface area contributed by atoms with Crippen molar-refractivity contribution < 1.29 is 14.3 Å². The summed E-state index contributed by atoms with van der Waals surface area (Å²) in [6.07, 6.45) is 4.05. The van der Waals surface area contributed by atoms with E-state index < -0.39 is 5.97 Å². The van der Waals surface area contributed by atoms with Crippen molar-refractivity contribution in [1.29, 1.82) is 0 Å². The monoisotopic (exact) mass is 257 g/mol. The fraction of sp³-hybridized carbons (Fsp3) is 0.133. The van der Waals surface area contributed by atoms with E-state index in [0.717, 1.165) is 17.7 Å². The van der Waals surface area contributed by atoms with Gasteiger partial charge in [0.15, 0.2) is 0 Å². The molecule has 2 N–H and O–H groups in total. The molecule has 0 bridgehead atoms. The number of carbonyl (C=O) groups is 1. The highest BCUT2D eigenvalue weighted by atomic mass is 16.4. The number of aromatic carboxylic acids is 1. The Morgan fingerprint density at radius 1 is 1.26 bits per heavy atom. The van der Waals surface area contributed by atoms with Crippen molar-refractivity contribution >= 4 is 12.0 Å². The fourth-order valence-electron chi connectivity index (χ4n) is 1.68. The highest BCUT2D eigenvalue weighted by molar-refractivity contribution is 5.85. The third-order valence-corrected chi connectivity index (χ3v) is 2.64. The predicted octanol–water partition coefficient (Wildman–Crippen LogP) is 2.88. The zero-order chi connectivity index (χ0) is 13.7. The molecule has 0 unspecified atom stereocenters. The molecular weight excluding hydrogens is 242 g/mol. The second-order valence-corrected chi connectivity index (χ2v) is 4.05. The standard InChI is InChI=1S/C15H15NO3/c1-16-10-2-3-11-4-6-12(7-5-11)13-8-9-14(19-13)15(17)18/h2-9,16H,10H2,1H3,(H,17,18). The van der Waals surface area contributed by atoms with Crippen molar-refractivity contribution in [3.8, 4) is 11.3 Å². The maximum atomic E-state index is 10.7. The van der Waals surface area contributed by atoms with Gasteiger partial charge in [0.2, 0.25) is 5.76 Å². The van der Waals surface area contributed by atoms with Gasteiger partial charge in [-0.05, 0) is 24.7 Å². The van der Waals surface area contributed by atoms with E-state index in [2.05, 4.69) is 5.32 Å². The van der Waals surface area contributed by atoms with Crippen LogP contribution in [-0.4, -0.2) is 24.7 Å². The van der Waals surface area contributed by atoms with E-state index in [1.807, 2.05) is 43.5 Å². The van der Waals surface area contributed by atoms with Gasteiger partial charge in [-0.25, -0.2) is 4.79 Å². The van der Waals surface area contributed by atoms with Gasteiger partial charge < -0.3 is 14.8 Å². The molecule has 0 saturated carbocycles. The first-order valence-electron chi connectivity index (χ1n) is 5.95. The minimum atomic E-state index is -1.06. The third-order valence-electron chi connectivity index (χ3n) is 2.64. The SMILES string of the molecule is CNCC=Cc1ccc(-c2ccc(C(=O)O)o2)cc1. The minimum Gasteiger partial charge on any atom is -0.475 e. The van der Waals surface area contributed by atoms with Crippen molar-refractivity contribution in [3.63, 3.8) is 0 Å². The second kappa shape index (κ2) is 6.02. The topological polar surface area (TPSA) is 62.5 Å². The van der Waals surface area contributed by atoms with Crippen LogP contribution in [0, 0.1) is 0 Å². The molecule has 0 aliphatic carbocycles. The van der Waals surface area contributed by atoms with Crippen LogP contribution in [0.3, 0.4) is 0 Å². The second-order valence-electron chi connectivity index (χ2n) is 4.05. The average molecular weight is 257 g/mol. The Labute approximate surface area is 111 Å². The van der Waals surface area contributed by atoms with Crippen molar-refractivity contribution in [3.05, 3.63) is 53.8 Å². The quantitative estimate of drug-likeness (QED) is 0.864. The van der Waals surface area contributed by atoms with Crippen LogP contribution in [0.5, 0.6) is 0 Å². The van der Waals surface area contributed by atoms with Crippen LogP contribution in [0.1, 0.15) is 16.1 Å². The van der Waals surface area contributed by atoms with Gasteiger partial charge in [0, 0.05) is 12.1 Å². The van der Waals surface area contributed by atoms with Gasteiger partial charge >= 0.3 is 5.97 Å². The lowest BCUT2D eigenvalue weighted by Gasteiger charge is -1.98. The minimum absolute atomic E-state index is 0.0482. The van der Waals surface area contributed by atoms with E-state index >= 15 is 0 Å². The number of likely N-dealkylation sites (N-methyl/N-ethyl adjacent to an activating group) is 1. The molecule has 0 aliphatic heterocycles. The van der Waals surface area contributed by atoms with Crippen LogP contribution in [0.4, 0.5) is 0 Å². The van der Waals surface area contributed by atoms with Crippen LogP contribution in [-0.2, 0) is 0 Å². The van der Waals surface area contributed by atoms with Crippen molar-refractivity contribution in [2.75, 3.05) is 13.6 Å². The number of carboxylic acid groups (broad SMARTS) is 1. The number of carboxylic acids is 1. The third kappa shape index (κ3) is 3.33. The largest absolute Gasteiger partial charge is 0.475 e. The lowest BCUT2D eigenvalue weighted by molar-refractivity contribution is 0.0663. The molecular formula is C15H15NO3. The first-order valence-corrected chi connectivity index (χ1v) is 5.95. The van der Waals surface area contributed by atoms with Crippen LogP contribution in [0.2, 0.25) is 0 Å². The molecule has 0 aliphatic rings. The summed E-state index contributed by atoms with van der Waals surface area (Å²) in [4.78, 5) is 10.7. The molecule has 0 atom stereocenters. The Balaban J connectivity index is 2.15. The van der Waals surface area contributed by atoms with Gasteiger partial charge in [-0.1, -0.05) is 36.4 Å². The van der Waals surface area contributed by atoms with Crippen molar-refractivity contribution in [1.82, 2.24) is 5.32 Å². The summed E-state index contributed by atoms with van der Waals surface area (Å²) in [6, 6.07) is 10.9. The first-order chi connectivity index (χ1) is 9.20. The van der Waals surface area contributed by atoms with E-state index in [1.54, 1.807) is 6.07 Å². The Hall–Kier alpha value is -2.33. The molecule has 4 heteroatoms. The van der Waals surface area contributed by atoms with Crippen LogP contribution in [0.15, 0.2) is 46.9 Å². The Bertz CT molecular complexity index is 582. The average Bonchev–Trinajstić information content (AvgIpc) is 2.90. The predicted molar refractivity (Wildman–Crippen MR) is 74.1 cm³/mol. The highest BCUT2D eigenvalue weighted by Gasteiger charge is 2.09. The molecule has 0 amide bonds. The number of hydrogen-bond donors (Lipinski definition) is 2. The molecule has 1 heterocycles. The van der Waals surface area contributed by atoms with Crippen LogP contribution >= 0.6 is 0 Å². The number of benzene rings is 1.